The van der Waals surface area contributed by atoms with Gasteiger partial charge in [0.25, 0.3) is 8.32 Å². The normalized spacial score (nSPS) is 31.1. The molecule has 1 heterocycles. The number of carbonyl (C=O) groups excluding carboxylic acids is 1. The molecule has 1 unspecified atom stereocenters. The van der Waals surface area contributed by atoms with Crippen LogP contribution in [0.15, 0.2) is 65.8 Å². The predicted molar refractivity (Wildman–Crippen MR) is 161 cm³/mol. The van der Waals surface area contributed by atoms with Crippen molar-refractivity contribution in [2.75, 3.05) is 0 Å². The second-order valence-electron chi connectivity index (χ2n) is 14.7. The Kier molecular flexibility index (Phi) is 6.50. The van der Waals surface area contributed by atoms with E-state index in [1.165, 1.54) is 16.1 Å². The maximum absolute atomic E-state index is 12.3. The van der Waals surface area contributed by atoms with Gasteiger partial charge >= 0.3 is 6.09 Å². The van der Waals surface area contributed by atoms with Crippen LogP contribution in [-0.4, -0.2) is 43.5 Å². The number of nitrogens with zero attached hydrogens (tertiary/aromatic N) is 1. The van der Waals surface area contributed by atoms with Gasteiger partial charge in [0.15, 0.2) is 0 Å². The fraction of sp³-hybridized carbons (Fsp3) is 0.576. The molecule has 6 nitrogen and oxygen atoms in total. The Balaban J connectivity index is 1.07. The summed E-state index contributed by atoms with van der Waals surface area (Å²) in [6.07, 6.45) is 5.79. The van der Waals surface area contributed by atoms with Gasteiger partial charge in [-0.05, 0) is 68.3 Å². The molecule has 0 aromatic heterocycles. The molecule has 4 aliphatic carbocycles. The van der Waals surface area contributed by atoms with Crippen LogP contribution in [0.3, 0.4) is 0 Å². The summed E-state index contributed by atoms with van der Waals surface area (Å²) in [4.78, 5) is 18.3. The number of ether oxygens (including phenoxy) is 1. The number of rotatable bonds is 7. The highest BCUT2D eigenvalue weighted by Gasteiger charge is 2.71. The van der Waals surface area contributed by atoms with Gasteiger partial charge in [0.1, 0.15) is 11.7 Å². The van der Waals surface area contributed by atoms with E-state index in [1.807, 2.05) is 20.8 Å². The molecule has 1 amide bonds. The van der Waals surface area contributed by atoms with Gasteiger partial charge in [0.05, 0.1) is 5.71 Å². The minimum Gasteiger partial charge on any atom is -0.444 e. The molecule has 0 radical (unpaired) electrons. The molecule has 4 fully saturated rings. The molecule has 0 saturated heterocycles. The summed E-state index contributed by atoms with van der Waals surface area (Å²) in [5.41, 5.74) is 0.706. The number of hydrogen-bond donors (Lipinski definition) is 1. The van der Waals surface area contributed by atoms with E-state index in [9.17, 15) is 4.79 Å². The number of nitrogens with one attached hydrogen (secondary N) is 1. The first-order valence-electron chi connectivity index (χ1n) is 14.9. The number of hydrogen-bond acceptors (Lipinski definition) is 5. The largest absolute Gasteiger partial charge is 0.444 e. The molecule has 7 rings (SSSR count). The lowest BCUT2D eigenvalue weighted by atomic mass is 9.37. The summed E-state index contributed by atoms with van der Waals surface area (Å²) in [5, 5.41) is 10.4. The zero-order valence-electron chi connectivity index (χ0n) is 24.8. The van der Waals surface area contributed by atoms with Crippen molar-refractivity contribution in [1.82, 2.24) is 5.32 Å². The number of benzene rings is 2. The van der Waals surface area contributed by atoms with Crippen LogP contribution in [0.25, 0.3) is 0 Å². The van der Waals surface area contributed by atoms with Crippen molar-refractivity contribution >= 4 is 30.5 Å². The average Bonchev–Trinajstić information content (AvgIpc) is 3.28. The summed E-state index contributed by atoms with van der Waals surface area (Å²) < 4.78 is 12.8. The lowest BCUT2D eigenvalue weighted by Crippen LogP contribution is -2.77. The van der Waals surface area contributed by atoms with Crippen molar-refractivity contribution in [2.45, 2.75) is 108 Å². The first-order valence-corrected chi connectivity index (χ1v) is 16.8. The third kappa shape index (κ3) is 4.69. The van der Waals surface area contributed by atoms with E-state index in [4.69, 9.17) is 14.0 Å². The molecule has 2 aromatic rings. The highest BCUT2D eigenvalue weighted by Crippen LogP contribution is 2.69. The molecular formula is C33H44N2O4Si. The molecule has 2 aromatic carbocycles. The van der Waals surface area contributed by atoms with Crippen molar-refractivity contribution in [3.63, 3.8) is 0 Å². The minimum atomic E-state index is -2.54. The maximum Gasteiger partial charge on any atom is 0.408 e. The topological polar surface area (TPSA) is 69.2 Å². The van der Waals surface area contributed by atoms with Gasteiger partial charge in [-0.15, -0.1) is 0 Å². The number of amides is 1. The van der Waals surface area contributed by atoms with Crippen molar-refractivity contribution in [1.29, 1.82) is 0 Å². The summed E-state index contributed by atoms with van der Waals surface area (Å²) in [7, 11) is -2.54. The molecule has 7 heteroatoms. The Hall–Kier alpha value is -2.64. The Morgan fingerprint density at radius 3 is 1.98 bits per heavy atom. The van der Waals surface area contributed by atoms with Gasteiger partial charge in [-0.25, -0.2) is 4.79 Å². The molecule has 0 spiro atoms. The van der Waals surface area contributed by atoms with E-state index in [0.29, 0.717) is 5.92 Å². The molecule has 5 aliphatic rings. The lowest BCUT2D eigenvalue weighted by molar-refractivity contribution is -0.100. The fourth-order valence-corrected chi connectivity index (χ4v) is 12.4. The standard InChI is InChI=1S/C33H44N2O4Si/c1-30(2,3)37-29(36)34-33-20-32(21-33,22-33)28-19-27(38-35-28)23-17-24(18-23)39-40(31(4,5)6,25-13-9-7-10-14-25)26-15-11-8-12-16-26/h7-16,23-24,27H,17-22H2,1-6H3,(H,34,36). The molecule has 1 aliphatic heterocycles. The first kappa shape index (κ1) is 27.5. The van der Waals surface area contributed by atoms with Gasteiger partial charge in [-0.3, -0.25) is 0 Å². The van der Waals surface area contributed by atoms with Gasteiger partial charge in [0.2, 0.25) is 0 Å². The first-order chi connectivity index (χ1) is 18.8. The number of carbonyl (C=O) groups is 1. The van der Waals surface area contributed by atoms with Crippen molar-refractivity contribution in [3.8, 4) is 0 Å². The predicted octanol–water partition coefficient (Wildman–Crippen LogP) is 5.93. The van der Waals surface area contributed by atoms with Crippen LogP contribution in [0.2, 0.25) is 5.04 Å². The van der Waals surface area contributed by atoms with Gasteiger partial charge in [0, 0.05) is 29.4 Å². The van der Waals surface area contributed by atoms with Crippen molar-refractivity contribution in [2.24, 2.45) is 16.5 Å². The van der Waals surface area contributed by atoms with Crippen LogP contribution in [0, 0.1) is 11.3 Å². The van der Waals surface area contributed by atoms with E-state index in [0.717, 1.165) is 38.5 Å². The molecule has 1 atom stereocenters. The number of oxime groups is 1. The van der Waals surface area contributed by atoms with Gasteiger partial charge in [-0.1, -0.05) is 86.6 Å². The Morgan fingerprint density at radius 2 is 1.48 bits per heavy atom. The zero-order valence-corrected chi connectivity index (χ0v) is 25.8. The van der Waals surface area contributed by atoms with Gasteiger partial charge < -0.3 is 19.3 Å². The summed E-state index contributed by atoms with van der Waals surface area (Å²) >= 11 is 0. The Bertz CT molecular complexity index is 1220. The third-order valence-electron chi connectivity index (χ3n) is 9.52. The van der Waals surface area contributed by atoms with Crippen molar-refractivity contribution in [3.05, 3.63) is 60.7 Å². The third-order valence-corrected chi connectivity index (χ3v) is 14.6. The lowest BCUT2D eigenvalue weighted by Gasteiger charge is -2.70. The molecule has 40 heavy (non-hydrogen) atoms. The Labute approximate surface area is 240 Å². The maximum atomic E-state index is 12.3. The second kappa shape index (κ2) is 9.45. The second-order valence-corrected chi connectivity index (χ2v) is 19.0. The molecule has 214 valence electrons. The van der Waals surface area contributed by atoms with Crippen LogP contribution < -0.4 is 15.7 Å². The van der Waals surface area contributed by atoms with E-state index >= 15 is 0 Å². The quantitative estimate of drug-likeness (QED) is 0.426. The van der Waals surface area contributed by atoms with E-state index < -0.39 is 13.9 Å². The van der Waals surface area contributed by atoms with Crippen LogP contribution in [0.5, 0.6) is 0 Å². The fourth-order valence-electron chi connectivity index (χ4n) is 7.66. The minimum absolute atomic E-state index is 0.0195. The molecular weight excluding hydrogens is 516 g/mol. The Morgan fingerprint density at radius 1 is 0.925 bits per heavy atom. The van der Waals surface area contributed by atoms with E-state index in [1.54, 1.807) is 0 Å². The van der Waals surface area contributed by atoms with Crippen LogP contribution in [0.4, 0.5) is 4.79 Å². The number of alkyl carbamates (subject to hydrolysis) is 1. The summed E-state index contributed by atoms with van der Waals surface area (Å²) in [5.74, 6) is 0.464. The average molecular weight is 561 g/mol. The van der Waals surface area contributed by atoms with Gasteiger partial charge in [-0.2, -0.15) is 0 Å². The summed E-state index contributed by atoms with van der Waals surface area (Å²) in [6.45, 7) is 12.7. The smallest absolute Gasteiger partial charge is 0.408 e. The molecule has 2 bridgehead atoms. The highest BCUT2D eigenvalue weighted by molar-refractivity contribution is 6.99. The zero-order chi connectivity index (χ0) is 28.4. The highest BCUT2D eigenvalue weighted by atomic mass is 28.4. The van der Waals surface area contributed by atoms with Crippen LogP contribution in [-0.2, 0) is 14.0 Å². The molecule has 4 saturated carbocycles. The SMILES string of the molecule is CC(C)(C)OC(=O)NC12CC(C3=NOC(C4CC(O[Si](c5ccccc5)(c5ccccc5)C(C)(C)C)C4)C3)(C1)C2. The van der Waals surface area contributed by atoms with E-state index in [-0.39, 0.29) is 34.3 Å². The summed E-state index contributed by atoms with van der Waals surface area (Å²) in [6, 6.07) is 21.8. The van der Waals surface area contributed by atoms with Crippen molar-refractivity contribution < 1.29 is 18.8 Å². The monoisotopic (exact) mass is 560 g/mol. The molecule has 1 N–H and O–H groups in total. The van der Waals surface area contributed by atoms with Crippen LogP contribution >= 0.6 is 0 Å². The van der Waals surface area contributed by atoms with E-state index in [2.05, 4.69) is 91.9 Å². The van der Waals surface area contributed by atoms with Crippen LogP contribution in [0.1, 0.15) is 80.1 Å².